The average Bonchev–Trinajstić information content (AvgIpc) is 3.17. The fourth-order valence-corrected chi connectivity index (χ4v) is 3.68. The van der Waals surface area contributed by atoms with Crippen molar-refractivity contribution in [1.82, 2.24) is 4.90 Å². The fraction of sp³-hybridized carbons (Fsp3) is 0.286. The highest BCUT2D eigenvalue weighted by molar-refractivity contribution is 5.90. The van der Waals surface area contributed by atoms with Gasteiger partial charge < -0.3 is 14.2 Å². The quantitative estimate of drug-likeness (QED) is 0.239. The van der Waals surface area contributed by atoms with Gasteiger partial charge in [0.15, 0.2) is 12.2 Å². The molecule has 0 bridgehead atoms. The molecule has 2 fully saturated rings. The molecule has 2 aliphatic heterocycles. The van der Waals surface area contributed by atoms with Crippen LogP contribution in [0.2, 0.25) is 0 Å². The number of esters is 2. The molecule has 158 valence electrons. The number of hydrogen-bond donors (Lipinski definition) is 0. The third-order valence-electron chi connectivity index (χ3n) is 5.18. The van der Waals surface area contributed by atoms with E-state index < -0.39 is 42.3 Å². The second-order valence-electron chi connectivity index (χ2n) is 7.04. The van der Waals surface area contributed by atoms with E-state index in [-0.39, 0.29) is 18.7 Å². The molecule has 0 N–H and O–H groups in total. The van der Waals surface area contributed by atoms with Gasteiger partial charge in [-0.15, -0.1) is 0 Å². The molecule has 0 aliphatic carbocycles. The largest absolute Gasteiger partial charge is 0.454 e. The lowest BCUT2D eigenvalue weighted by Gasteiger charge is -2.41. The summed E-state index contributed by atoms with van der Waals surface area (Å²) in [5.74, 6) is -1.32. The first-order valence-electron chi connectivity index (χ1n) is 9.58. The molecule has 4 rings (SSSR count). The molecule has 31 heavy (non-hydrogen) atoms. The van der Waals surface area contributed by atoms with E-state index in [0.29, 0.717) is 5.56 Å². The van der Waals surface area contributed by atoms with Crippen LogP contribution in [0.1, 0.15) is 20.7 Å². The van der Waals surface area contributed by atoms with Crippen LogP contribution < -0.4 is 0 Å². The summed E-state index contributed by atoms with van der Waals surface area (Å²) in [7, 11) is 0. The zero-order valence-electron chi connectivity index (χ0n) is 16.2. The van der Waals surface area contributed by atoms with Crippen LogP contribution in [0, 0.1) is 0 Å². The average molecular weight is 422 g/mol. The highest BCUT2D eigenvalue weighted by atomic mass is 16.6. The molecule has 2 aromatic rings. The van der Waals surface area contributed by atoms with Gasteiger partial charge in [0.05, 0.1) is 17.2 Å². The maximum absolute atomic E-state index is 12.7. The number of rotatable bonds is 5. The van der Waals surface area contributed by atoms with Gasteiger partial charge in [-0.2, -0.15) is 0 Å². The topological polar surface area (TPSA) is 131 Å². The van der Waals surface area contributed by atoms with Gasteiger partial charge in [0.25, 0.3) is 0 Å². The van der Waals surface area contributed by atoms with Crippen LogP contribution in [0.25, 0.3) is 10.4 Å². The second kappa shape index (κ2) is 8.76. The monoisotopic (exact) mass is 422 g/mol. The van der Waals surface area contributed by atoms with Crippen molar-refractivity contribution in [2.45, 2.75) is 24.3 Å². The summed E-state index contributed by atoms with van der Waals surface area (Å²) < 4.78 is 16.5. The molecule has 1 amide bonds. The normalized spacial score (nSPS) is 24.4. The number of fused-ring (bicyclic) bond motifs is 1. The Morgan fingerprint density at radius 2 is 1.52 bits per heavy atom. The van der Waals surface area contributed by atoms with Crippen molar-refractivity contribution in [3.63, 3.8) is 0 Å². The fourth-order valence-electron chi connectivity index (χ4n) is 3.68. The molecular formula is C21H18N4O6. The Morgan fingerprint density at radius 3 is 2.06 bits per heavy atom. The predicted octanol–water partition coefficient (Wildman–Crippen LogP) is 2.95. The molecule has 0 spiro atoms. The first kappa shape index (κ1) is 20.2. The van der Waals surface area contributed by atoms with Gasteiger partial charge in [-0.3, -0.25) is 4.90 Å². The predicted molar refractivity (Wildman–Crippen MR) is 106 cm³/mol. The second-order valence-corrected chi connectivity index (χ2v) is 7.04. The number of cyclic esters (lactones) is 1. The zero-order chi connectivity index (χ0) is 21.8. The number of carbonyl (C=O) groups excluding carboxylic acids is 3. The first-order chi connectivity index (χ1) is 15.1. The number of benzene rings is 2. The van der Waals surface area contributed by atoms with Crippen molar-refractivity contribution in [3.05, 3.63) is 82.2 Å². The van der Waals surface area contributed by atoms with Gasteiger partial charge in [0, 0.05) is 11.5 Å². The summed E-state index contributed by atoms with van der Waals surface area (Å²) in [5, 5.41) is 3.70. The van der Waals surface area contributed by atoms with E-state index in [9.17, 15) is 14.4 Å². The van der Waals surface area contributed by atoms with Gasteiger partial charge in [-0.05, 0) is 29.8 Å². The number of nitrogens with zero attached hydrogens (tertiary/aromatic N) is 4. The zero-order valence-corrected chi connectivity index (χ0v) is 16.2. The van der Waals surface area contributed by atoms with Gasteiger partial charge in [-0.1, -0.05) is 41.5 Å². The van der Waals surface area contributed by atoms with Gasteiger partial charge in [-0.25, -0.2) is 14.4 Å². The Balaban J connectivity index is 1.66. The minimum Gasteiger partial charge on any atom is -0.454 e. The molecule has 0 saturated carbocycles. The number of piperidine rings is 1. The molecule has 2 saturated heterocycles. The lowest BCUT2D eigenvalue weighted by molar-refractivity contribution is -0.0858. The lowest BCUT2D eigenvalue weighted by atomic mass is 9.93. The van der Waals surface area contributed by atoms with E-state index in [1.165, 1.54) is 4.90 Å². The number of azide groups is 1. The lowest BCUT2D eigenvalue weighted by Crippen LogP contribution is -2.62. The SMILES string of the molecule is [N-]=[N+]=N[C@H]1CN2C(=O)OC[C@@H]2C(OC(=O)c2ccccc2)[C@@H]1OC(=O)c1ccccc1. The summed E-state index contributed by atoms with van der Waals surface area (Å²) in [6.07, 6.45) is -2.81. The Labute approximate surface area is 176 Å². The first-order valence-corrected chi connectivity index (χ1v) is 9.58. The molecule has 0 aromatic heterocycles. The van der Waals surface area contributed by atoms with Crippen LogP contribution in [0.15, 0.2) is 65.8 Å². The molecule has 10 nitrogen and oxygen atoms in total. The highest BCUT2D eigenvalue weighted by Crippen LogP contribution is 2.31. The molecule has 4 atom stereocenters. The third-order valence-corrected chi connectivity index (χ3v) is 5.18. The smallest absolute Gasteiger partial charge is 0.410 e. The van der Waals surface area contributed by atoms with E-state index in [2.05, 4.69) is 10.0 Å². The highest BCUT2D eigenvalue weighted by Gasteiger charge is 2.53. The minimum atomic E-state index is -1.10. The van der Waals surface area contributed by atoms with E-state index in [1.54, 1.807) is 60.7 Å². The number of carbonyl (C=O) groups is 3. The summed E-state index contributed by atoms with van der Waals surface area (Å²) >= 11 is 0. The summed E-state index contributed by atoms with van der Waals surface area (Å²) in [6.45, 7) is -0.0758. The number of ether oxygens (including phenoxy) is 3. The van der Waals surface area contributed by atoms with Crippen LogP contribution in [-0.4, -0.2) is 60.4 Å². The van der Waals surface area contributed by atoms with Crippen LogP contribution in [0.4, 0.5) is 4.79 Å². The van der Waals surface area contributed by atoms with E-state index in [1.807, 2.05) is 0 Å². The molecule has 2 aliphatic rings. The third kappa shape index (κ3) is 4.15. The van der Waals surface area contributed by atoms with E-state index >= 15 is 0 Å². The Bertz CT molecular complexity index is 1020. The van der Waals surface area contributed by atoms with Gasteiger partial charge in [0.2, 0.25) is 0 Å². The Morgan fingerprint density at radius 1 is 0.968 bits per heavy atom. The van der Waals surface area contributed by atoms with Crippen molar-refractivity contribution in [1.29, 1.82) is 0 Å². The van der Waals surface area contributed by atoms with Crippen LogP contribution in [0.5, 0.6) is 0 Å². The molecule has 0 radical (unpaired) electrons. The van der Waals surface area contributed by atoms with E-state index in [4.69, 9.17) is 19.7 Å². The van der Waals surface area contributed by atoms with Crippen LogP contribution in [-0.2, 0) is 14.2 Å². The van der Waals surface area contributed by atoms with Gasteiger partial charge in [0.1, 0.15) is 12.6 Å². The molecule has 1 unspecified atom stereocenters. The molecule has 2 aromatic carbocycles. The van der Waals surface area contributed by atoms with Crippen molar-refractivity contribution in [3.8, 4) is 0 Å². The summed E-state index contributed by atoms with van der Waals surface area (Å²) in [6, 6.07) is 14.9. The van der Waals surface area contributed by atoms with Crippen LogP contribution in [0.3, 0.4) is 0 Å². The van der Waals surface area contributed by atoms with Crippen molar-refractivity contribution >= 4 is 18.0 Å². The molecule has 10 heteroatoms. The standard InChI is InChI=1S/C21H18N4O6/c22-24-23-15-11-25-16(12-29-21(25)28)18(31-20(27)14-9-5-2-6-10-14)17(15)30-19(26)13-7-3-1-4-8-13/h1-10,15-18H,11-12H2/t15-,16+,17+,18?/m0/s1. The number of hydrogen-bond acceptors (Lipinski definition) is 7. The molecular weight excluding hydrogens is 404 g/mol. The summed E-state index contributed by atoms with van der Waals surface area (Å²) in [4.78, 5) is 41.7. The minimum absolute atomic E-state index is 0.0281. The Kier molecular flexibility index (Phi) is 5.72. The van der Waals surface area contributed by atoms with E-state index in [0.717, 1.165) is 0 Å². The number of amides is 1. The van der Waals surface area contributed by atoms with Crippen LogP contribution >= 0.6 is 0 Å². The van der Waals surface area contributed by atoms with Gasteiger partial charge >= 0.3 is 18.0 Å². The molecule has 2 heterocycles. The summed E-state index contributed by atoms with van der Waals surface area (Å²) in [5.41, 5.74) is 9.59. The van der Waals surface area contributed by atoms with Crippen molar-refractivity contribution in [2.24, 2.45) is 5.11 Å². The maximum atomic E-state index is 12.7. The van der Waals surface area contributed by atoms with Crippen molar-refractivity contribution in [2.75, 3.05) is 13.2 Å². The maximum Gasteiger partial charge on any atom is 0.410 e. The van der Waals surface area contributed by atoms with Crippen molar-refractivity contribution < 1.29 is 28.6 Å². The Hall–Kier alpha value is -4.04.